The normalized spacial score (nSPS) is 14.2. The lowest BCUT2D eigenvalue weighted by atomic mass is 10.0. The molecule has 0 bridgehead atoms. The van der Waals surface area contributed by atoms with Gasteiger partial charge in [0.25, 0.3) is 5.91 Å². The Labute approximate surface area is 141 Å². The van der Waals surface area contributed by atoms with Crippen LogP contribution in [-0.2, 0) is 11.2 Å². The number of nitrogens with one attached hydrogen (secondary N) is 1. The van der Waals surface area contributed by atoms with E-state index in [9.17, 15) is 9.90 Å². The molecule has 0 aromatic heterocycles. The molecule has 0 atom stereocenters. The molecule has 5 nitrogen and oxygen atoms in total. The number of carbonyl (C=O) groups is 1. The van der Waals surface area contributed by atoms with Crippen molar-refractivity contribution in [3.05, 3.63) is 59.7 Å². The zero-order valence-electron chi connectivity index (χ0n) is 13.7. The van der Waals surface area contributed by atoms with Crippen LogP contribution in [0.15, 0.2) is 53.6 Å². The van der Waals surface area contributed by atoms with Gasteiger partial charge in [-0.15, -0.1) is 0 Å². The van der Waals surface area contributed by atoms with Crippen LogP contribution in [0, 0.1) is 0 Å². The van der Waals surface area contributed by atoms with Crippen LogP contribution in [0.5, 0.6) is 5.75 Å². The van der Waals surface area contributed by atoms with E-state index in [4.69, 9.17) is 0 Å². The first-order chi connectivity index (χ1) is 11.6. The number of para-hydroxylation sites is 1. The fraction of sp³-hybridized carbons (Fsp3) is 0.263. The van der Waals surface area contributed by atoms with Crippen LogP contribution in [-0.4, -0.2) is 29.8 Å². The second kappa shape index (κ2) is 7.17. The van der Waals surface area contributed by atoms with Crippen molar-refractivity contribution in [1.29, 1.82) is 0 Å². The minimum Gasteiger partial charge on any atom is -0.508 e. The van der Waals surface area contributed by atoms with E-state index in [0.717, 1.165) is 30.6 Å². The lowest BCUT2D eigenvalue weighted by Crippen LogP contribution is -2.38. The van der Waals surface area contributed by atoms with E-state index < -0.39 is 0 Å². The predicted molar refractivity (Wildman–Crippen MR) is 95.4 cm³/mol. The number of phenols is 1. The number of hydrogen-bond acceptors (Lipinski definition) is 4. The van der Waals surface area contributed by atoms with E-state index in [1.165, 1.54) is 5.56 Å². The van der Waals surface area contributed by atoms with E-state index >= 15 is 0 Å². The Morgan fingerprint density at radius 2 is 1.96 bits per heavy atom. The zero-order chi connectivity index (χ0) is 16.9. The molecule has 3 rings (SSSR count). The molecule has 2 N–H and O–H groups in total. The number of aromatic hydroxyl groups is 1. The second-order valence-corrected chi connectivity index (χ2v) is 5.93. The van der Waals surface area contributed by atoms with Gasteiger partial charge in [-0.05, 0) is 61.2 Å². The molecule has 1 aliphatic heterocycles. The number of nitrogens with zero attached hydrogens (tertiary/aromatic N) is 2. The summed E-state index contributed by atoms with van der Waals surface area (Å²) < 4.78 is 0. The Bertz CT molecular complexity index is 753. The molecule has 1 aliphatic rings. The Balaban J connectivity index is 1.62. The van der Waals surface area contributed by atoms with Crippen molar-refractivity contribution in [1.82, 2.24) is 5.43 Å². The molecule has 0 fully saturated rings. The minimum absolute atomic E-state index is 0.134. The first kappa shape index (κ1) is 16.1. The van der Waals surface area contributed by atoms with Crippen molar-refractivity contribution in [2.24, 2.45) is 5.10 Å². The van der Waals surface area contributed by atoms with Gasteiger partial charge in [0.2, 0.25) is 0 Å². The summed E-state index contributed by atoms with van der Waals surface area (Å²) >= 11 is 0. The summed E-state index contributed by atoms with van der Waals surface area (Å²) in [6.07, 6.45) is 2.12. The second-order valence-electron chi connectivity index (χ2n) is 5.93. The number of hydrazone groups is 1. The summed E-state index contributed by atoms with van der Waals surface area (Å²) in [5, 5.41) is 13.5. The molecule has 24 heavy (non-hydrogen) atoms. The molecular formula is C19H21N3O2. The highest BCUT2D eigenvalue weighted by molar-refractivity contribution is 5.99. The lowest BCUT2D eigenvalue weighted by molar-refractivity contribution is -0.119. The van der Waals surface area contributed by atoms with Crippen LogP contribution in [0.3, 0.4) is 0 Å². The van der Waals surface area contributed by atoms with Gasteiger partial charge in [0.05, 0.1) is 12.3 Å². The molecule has 1 heterocycles. The summed E-state index contributed by atoms with van der Waals surface area (Å²) in [5.74, 6) is 0.0733. The van der Waals surface area contributed by atoms with Crippen LogP contribution in [0.2, 0.25) is 0 Å². The number of phenolic OH excluding ortho intramolecular Hbond substituents is 1. The van der Waals surface area contributed by atoms with Gasteiger partial charge in [-0.2, -0.15) is 5.10 Å². The van der Waals surface area contributed by atoms with Crippen molar-refractivity contribution in [3.63, 3.8) is 0 Å². The van der Waals surface area contributed by atoms with E-state index in [1.807, 2.05) is 19.1 Å². The Hall–Kier alpha value is -2.82. The summed E-state index contributed by atoms with van der Waals surface area (Å²) in [6.45, 7) is 3.00. The number of anilines is 1. The van der Waals surface area contributed by atoms with Gasteiger partial charge in [-0.3, -0.25) is 4.79 Å². The molecule has 2 aromatic carbocycles. The number of fused-ring (bicyclic) bond motifs is 1. The fourth-order valence-corrected chi connectivity index (χ4v) is 2.90. The number of hydrogen-bond donors (Lipinski definition) is 2. The molecule has 1 amide bonds. The quantitative estimate of drug-likeness (QED) is 0.671. The van der Waals surface area contributed by atoms with E-state index in [0.29, 0.717) is 12.3 Å². The standard InChI is InChI=1S/C19H21N3O2/c1-14(15-8-10-17(23)11-9-15)20-21-19(24)13-22-12-4-6-16-5-2-3-7-18(16)22/h2-3,5,7-11,23H,4,6,12-13H2,1H3,(H,21,24)/b20-14-. The lowest BCUT2D eigenvalue weighted by Gasteiger charge is -2.30. The van der Waals surface area contributed by atoms with Gasteiger partial charge in [0.1, 0.15) is 5.75 Å². The van der Waals surface area contributed by atoms with Crippen LogP contribution in [0.4, 0.5) is 5.69 Å². The number of rotatable bonds is 4. The van der Waals surface area contributed by atoms with Crippen LogP contribution < -0.4 is 10.3 Å². The number of carbonyl (C=O) groups excluding carboxylic acids is 1. The molecule has 5 heteroatoms. The Morgan fingerprint density at radius 3 is 2.75 bits per heavy atom. The third-order valence-electron chi connectivity index (χ3n) is 4.17. The van der Waals surface area contributed by atoms with Gasteiger partial charge >= 0.3 is 0 Å². The zero-order valence-corrected chi connectivity index (χ0v) is 13.7. The van der Waals surface area contributed by atoms with E-state index in [-0.39, 0.29) is 11.7 Å². The average molecular weight is 323 g/mol. The first-order valence-corrected chi connectivity index (χ1v) is 8.09. The molecule has 0 aliphatic carbocycles. The molecule has 124 valence electrons. The highest BCUT2D eigenvalue weighted by atomic mass is 16.3. The molecule has 0 spiro atoms. The molecule has 0 saturated carbocycles. The van der Waals surface area contributed by atoms with Crippen molar-refractivity contribution < 1.29 is 9.90 Å². The van der Waals surface area contributed by atoms with Gasteiger partial charge in [-0.1, -0.05) is 18.2 Å². The van der Waals surface area contributed by atoms with Gasteiger partial charge in [-0.25, -0.2) is 5.43 Å². The van der Waals surface area contributed by atoms with Crippen molar-refractivity contribution in [2.45, 2.75) is 19.8 Å². The Kier molecular flexibility index (Phi) is 4.79. The molecule has 0 unspecified atom stereocenters. The van der Waals surface area contributed by atoms with Gasteiger partial charge in [0, 0.05) is 12.2 Å². The van der Waals surface area contributed by atoms with Crippen molar-refractivity contribution >= 4 is 17.3 Å². The third-order valence-corrected chi connectivity index (χ3v) is 4.17. The van der Waals surface area contributed by atoms with Crippen molar-refractivity contribution in [3.8, 4) is 5.75 Å². The first-order valence-electron chi connectivity index (χ1n) is 8.09. The monoisotopic (exact) mass is 323 g/mol. The SMILES string of the molecule is C/C(=N/NC(=O)CN1CCCc2ccccc21)c1ccc(O)cc1. The number of benzene rings is 2. The van der Waals surface area contributed by atoms with Crippen LogP contribution >= 0.6 is 0 Å². The summed E-state index contributed by atoms with van der Waals surface area (Å²) in [6, 6.07) is 14.9. The highest BCUT2D eigenvalue weighted by Gasteiger charge is 2.18. The maximum atomic E-state index is 12.2. The average Bonchev–Trinajstić information content (AvgIpc) is 2.61. The molecule has 2 aromatic rings. The minimum atomic E-state index is -0.134. The summed E-state index contributed by atoms with van der Waals surface area (Å²) in [7, 11) is 0. The summed E-state index contributed by atoms with van der Waals surface area (Å²) in [4.78, 5) is 14.3. The molecule has 0 saturated heterocycles. The fourth-order valence-electron chi connectivity index (χ4n) is 2.90. The third kappa shape index (κ3) is 3.74. The van der Waals surface area contributed by atoms with E-state index in [1.54, 1.807) is 24.3 Å². The number of aryl methyl sites for hydroxylation is 1. The van der Waals surface area contributed by atoms with Crippen LogP contribution in [0.1, 0.15) is 24.5 Å². The largest absolute Gasteiger partial charge is 0.508 e. The highest BCUT2D eigenvalue weighted by Crippen LogP contribution is 2.26. The predicted octanol–water partition coefficient (Wildman–Crippen LogP) is 2.69. The van der Waals surface area contributed by atoms with Crippen molar-refractivity contribution in [2.75, 3.05) is 18.0 Å². The maximum Gasteiger partial charge on any atom is 0.259 e. The Morgan fingerprint density at radius 1 is 1.21 bits per heavy atom. The number of amides is 1. The van der Waals surface area contributed by atoms with Crippen LogP contribution in [0.25, 0.3) is 0 Å². The topological polar surface area (TPSA) is 64.9 Å². The van der Waals surface area contributed by atoms with Gasteiger partial charge in [0.15, 0.2) is 0 Å². The van der Waals surface area contributed by atoms with Gasteiger partial charge < -0.3 is 10.0 Å². The van der Waals surface area contributed by atoms with E-state index in [2.05, 4.69) is 27.6 Å². The molecular weight excluding hydrogens is 302 g/mol. The smallest absolute Gasteiger partial charge is 0.259 e. The molecule has 0 radical (unpaired) electrons. The summed E-state index contributed by atoms with van der Waals surface area (Å²) in [5.41, 5.74) is 6.60. The maximum absolute atomic E-state index is 12.2.